The highest BCUT2D eigenvalue weighted by atomic mass is 16.1. The van der Waals surface area contributed by atoms with Crippen LogP contribution in [-0.4, -0.2) is 57.2 Å². The molecule has 4 aromatic rings. The zero-order valence-corrected chi connectivity index (χ0v) is 16.0. The summed E-state index contributed by atoms with van der Waals surface area (Å²) < 4.78 is 0. The molecule has 29 heavy (non-hydrogen) atoms. The number of H-pyrrole nitrogens is 2. The molecule has 1 aromatic carbocycles. The first-order valence-electron chi connectivity index (χ1n) is 9.90. The van der Waals surface area contributed by atoms with E-state index in [1.54, 1.807) is 12.4 Å². The van der Waals surface area contributed by atoms with Gasteiger partial charge in [-0.3, -0.25) is 9.89 Å². The number of hydrogen-bond acceptors (Lipinski definition) is 5. The number of aromatic nitrogens is 4. The summed E-state index contributed by atoms with van der Waals surface area (Å²) in [6.45, 7) is 3.75. The number of hydrogen-bond donors (Lipinski definition) is 4. The maximum Gasteiger partial charge on any atom is 0.253 e. The Morgan fingerprint density at radius 2 is 2.07 bits per heavy atom. The molecule has 4 heterocycles. The summed E-state index contributed by atoms with van der Waals surface area (Å²) in [4.78, 5) is 22.7. The van der Waals surface area contributed by atoms with E-state index in [4.69, 9.17) is 5.73 Å². The van der Waals surface area contributed by atoms with Gasteiger partial charge in [-0.15, -0.1) is 0 Å². The van der Waals surface area contributed by atoms with Crippen molar-refractivity contribution in [3.05, 3.63) is 42.4 Å². The van der Waals surface area contributed by atoms with Gasteiger partial charge < -0.3 is 20.9 Å². The van der Waals surface area contributed by atoms with Gasteiger partial charge in [-0.05, 0) is 49.7 Å². The molecule has 1 amide bonds. The minimum absolute atomic E-state index is 0.0960. The fourth-order valence-electron chi connectivity index (χ4n) is 4.10. The Balaban J connectivity index is 1.48. The molecule has 148 valence electrons. The van der Waals surface area contributed by atoms with Crippen molar-refractivity contribution < 1.29 is 4.79 Å². The Morgan fingerprint density at radius 3 is 2.93 bits per heavy atom. The quantitative estimate of drug-likeness (QED) is 0.419. The molecule has 1 fully saturated rings. The molecule has 8 heteroatoms. The number of nitrogens with one attached hydrogen (secondary N) is 3. The third-order valence-corrected chi connectivity index (χ3v) is 5.60. The van der Waals surface area contributed by atoms with E-state index >= 15 is 0 Å². The van der Waals surface area contributed by atoms with E-state index in [-0.39, 0.29) is 5.91 Å². The molecule has 0 atom stereocenters. The van der Waals surface area contributed by atoms with Gasteiger partial charge in [-0.1, -0.05) is 0 Å². The van der Waals surface area contributed by atoms with Gasteiger partial charge in [0.1, 0.15) is 5.82 Å². The van der Waals surface area contributed by atoms with Crippen molar-refractivity contribution >= 4 is 33.5 Å². The molecule has 3 aromatic heterocycles. The second-order valence-electron chi connectivity index (χ2n) is 7.52. The van der Waals surface area contributed by atoms with Crippen molar-refractivity contribution in [3.63, 3.8) is 0 Å². The van der Waals surface area contributed by atoms with Gasteiger partial charge in [0.25, 0.3) is 5.91 Å². The van der Waals surface area contributed by atoms with Crippen molar-refractivity contribution in [2.75, 3.05) is 31.9 Å². The number of pyridine rings is 1. The minimum Gasteiger partial charge on any atom is -0.384 e. The smallest absolute Gasteiger partial charge is 0.253 e. The lowest BCUT2D eigenvalue weighted by molar-refractivity contribution is 0.0951. The van der Waals surface area contributed by atoms with E-state index in [1.807, 2.05) is 24.4 Å². The molecule has 0 saturated carbocycles. The van der Waals surface area contributed by atoms with E-state index in [2.05, 4.69) is 30.4 Å². The van der Waals surface area contributed by atoms with Crippen LogP contribution >= 0.6 is 0 Å². The molecule has 1 aliphatic rings. The van der Waals surface area contributed by atoms with E-state index < -0.39 is 0 Å². The summed E-state index contributed by atoms with van der Waals surface area (Å²) in [5, 5.41) is 12.0. The Labute approximate surface area is 167 Å². The van der Waals surface area contributed by atoms with Gasteiger partial charge >= 0.3 is 0 Å². The summed E-state index contributed by atoms with van der Waals surface area (Å²) in [7, 11) is 0. The van der Waals surface area contributed by atoms with Crippen LogP contribution in [0, 0.1) is 0 Å². The van der Waals surface area contributed by atoms with Crippen LogP contribution < -0.4 is 11.1 Å². The molecule has 0 bridgehead atoms. The summed E-state index contributed by atoms with van der Waals surface area (Å²) in [6, 6.07) is 5.78. The van der Waals surface area contributed by atoms with Crippen LogP contribution in [0.3, 0.4) is 0 Å². The molecule has 5 rings (SSSR count). The number of fused-ring (bicyclic) bond motifs is 2. The fraction of sp³-hybridized carbons (Fsp3) is 0.286. The van der Waals surface area contributed by atoms with Gasteiger partial charge in [0, 0.05) is 35.6 Å². The molecular weight excluding hydrogens is 366 g/mol. The molecule has 0 aliphatic carbocycles. The van der Waals surface area contributed by atoms with Crippen molar-refractivity contribution in [1.29, 1.82) is 0 Å². The van der Waals surface area contributed by atoms with Gasteiger partial charge in [0.05, 0.1) is 29.0 Å². The number of likely N-dealkylation sites (tertiary alicyclic amines) is 1. The first kappa shape index (κ1) is 17.7. The van der Waals surface area contributed by atoms with Crippen molar-refractivity contribution in [2.24, 2.45) is 0 Å². The van der Waals surface area contributed by atoms with Crippen LogP contribution in [0.2, 0.25) is 0 Å². The summed E-state index contributed by atoms with van der Waals surface area (Å²) in [5.41, 5.74) is 10.0. The van der Waals surface area contributed by atoms with Crippen LogP contribution in [0.1, 0.15) is 23.2 Å². The van der Waals surface area contributed by atoms with Crippen LogP contribution in [-0.2, 0) is 0 Å². The zero-order chi connectivity index (χ0) is 19.8. The van der Waals surface area contributed by atoms with Crippen molar-refractivity contribution in [3.8, 4) is 11.1 Å². The third-order valence-electron chi connectivity index (χ3n) is 5.60. The normalized spacial score (nSPS) is 14.8. The number of amides is 1. The number of benzene rings is 1. The second-order valence-corrected chi connectivity index (χ2v) is 7.52. The number of nitrogens with zero attached hydrogens (tertiary/aromatic N) is 3. The number of nitrogens with two attached hydrogens (primary N) is 1. The average Bonchev–Trinajstić information content (AvgIpc) is 3.47. The Bertz CT molecular complexity index is 1190. The lowest BCUT2D eigenvalue weighted by atomic mass is 10.00. The molecule has 8 nitrogen and oxygen atoms in total. The SMILES string of the molecule is Nc1cc2c(-c3cc(C(=O)NCCN4CCCC4)c4[nH]ncc4c3)c[nH]c2cn1. The maximum atomic E-state index is 13.0. The van der Waals surface area contributed by atoms with E-state index in [0.29, 0.717) is 17.9 Å². The lowest BCUT2D eigenvalue weighted by Gasteiger charge is -2.15. The number of nitrogen functional groups attached to an aromatic ring is 1. The largest absolute Gasteiger partial charge is 0.384 e. The van der Waals surface area contributed by atoms with Crippen LogP contribution in [0.25, 0.3) is 32.9 Å². The molecule has 1 aliphatic heterocycles. The minimum atomic E-state index is -0.0960. The third kappa shape index (κ3) is 3.31. The monoisotopic (exact) mass is 389 g/mol. The number of rotatable bonds is 5. The van der Waals surface area contributed by atoms with Crippen LogP contribution in [0.5, 0.6) is 0 Å². The highest BCUT2D eigenvalue weighted by Gasteiger charge is 2.17. The predicted molar refractivity (Wildman–Crippen MR) is 114 cm³/mol. The molecule has 0 unspecified atom stereocenters. The summed E-state index contributed by atoms with van der Waals surface area (Å²) in [5.74, 6) is 0.365. The average molecular weight is 389 g/mol. The van der Waals surface area contributed by atoms with Crippen LogP contribution in [0.15, 0.2) is 36.8 Å². The zero-order valence-electron chi connectivity index (χ0n) is 16.0. The Morgan fingerprint density at radius 1 is 1.21 bits per heavy atom. The highest BCUT2D eigenvalue weighted by molar-refractivity contribution is 6.08. The maximum absolute atomic E-state index is 13.0. The van der Waals surface area contributed by atoms with Crippen molar-refractivity contribution in [2.45, 2.75) is 12.8 Å². The summed E-state index contributed by atoms with van der Waals surface area (Å²) in [6.07, 6.45) is 7.87. The number of carbonyl (C=O) groups is 1. The van der Waals surface area contributed by atoms with E-state index in [0.717, 1.165) is 52.6 Å². The molecule has 0 spiro atoms. The van der Waals surface area contributed by atoms with Gasteiger partial charge in [-0.2, -0.15) is 5.10 Å². The Kier molecular flexibility index (Phi) is 4.40. The predicted octanol–water partition coefficient (Wildman–Crippen LogP) is 2.51. The fourth-order valence-corrected chi connectivity index (χ4v) is 4.10. The van der Waals surface area contributed by atoms with E-state index in [9.17, 15) is 4.79 Å². The van der Waals surface area contributed by atoms with Crippen LogP contribution in [0.4, 0.5) is 5.82 Å². The Hall–Kier alpha value is -3.39. The molecule has 0 radical (unpaired) electrons. The highest BCUT2D eigenvalue weighted by Crippen LogP contribution is 2.32. The van der Waals surface area contributed by atoms with E-state index in [1.165, 1.54) is 12.8 Å². The summed E-state index contributed by atoms with van der Waals surface area (Å²) >= 11 is 0. The first-order valence-corrected chi connectivity index (χ1v) is 9.90. The molecular formula is C21H23N7O. The van der Waals surface area contributed by atoms with Gasteiger partial charge in [-0.25, -0.2) is 4.98 Å². The molecule has 1 saturated heterocycles. The van der Waals surface area contributed by atoms with Crippen molar-refractivity contribution in [1.82, 2.24) is 30.4 Å². The second kappa shape index (κ2) is 7.21. The van der Waals surface area contributed by atoms with Gasteiger partial charge in [0.15, 0.2) is 0 Å². The lowest BCUT2D eigenvalue weighted by Crippen LogP contribution is -2.33. The number of anilines is 1. The topological polar surface area (TPSA) is 116 Å². The number of aromatic amines is 2. The standard InChI is InChI=1S/C21H23N7O/c22-19-9-15-17(11-24-18(15)12-25-19)13-7-14-10-26-27-20(14)16(8-13)21(29)23-3-6-28-4-1-2-5-28/h7-12,24H,1-6H2,(H2,22,25)(H,23,29)(H,26,27). The number of carbonyl (C=O) groups excluding carboxylic acids is 1. The first-order chi connectivity index (χ1) is 14.2. The molecule has 5 N–H and O–H groups in total. The van der Waals surface area contributed by atoms with Gasteiger partial charge in [0.2, 0.25) is 0 Å².